The number of nitrogens with zero attached hydrogens (tertiary/aromatic N) is 2. The second-order valence-corrected chi connectivity index (χ2v) is 4.89. The summed E-state index contributed by atoms with van der Waals surface area (Å²) >= 11 is 0. The number of aromatic nitrogens is 2. The SMILES string of the molecule is CCNCc1nc(C(C)C)ncc1Oc1ccccc1. The monoisotopic (exact) mass is 271 g/mol. The van der Waals surface area contributed by atoms with Crippen molar-refractivity contribution in [1.29, 1.82) is 0 Å². The first-order valence-corrected chi connectivity index (χ1v) is 7.00. The van der Waals surface area contributed by atoms with E-state index in [2.05, 4.69) is 36.1 Å². The molecule has 0 aliphatic heterocycles. The molecule has 106 valence electrons. The summed E-state index contributed by atoms with van der Waals surface area (Å²) in [5, 5.41) is 3.29. The van der Waals surface area contributed by atoms with Gasteiger partial charge in [0.1, 0.15) is 17.3 Å². The van der Waals surface area contributed by atoms with Gasteiger partial charge in [0.05, 0.1) is 6.20 Å². The topological polar surface area (TPSA) is 47.0 Å². The molecule has 0 bridgehead atoms. The highest BCUT2D eigenvalue weighted by molar-refractivity contribution is 5.32. The molecule has 4 nitrogen and oxygen atoms in total. The molecule has 0 amide bonds. The zero-order chi connectivity index (χ0) is 14.4. The van der Waals surface area contributed by atoms with Gasteiger partial charge in [-0.15, -0.1) is 0 Å². The molecule has 20 heavy (non-hydrogen) atoms. The van der Waals surface area contributed by atoms with Gasteiger partial charge in [-0.05, 0) is 18.7 Å². The highest BCUT2D eigenvalue weighted by Crippen LogP contribution is 2.24. The minimum absolute atomic E-state index is 0.307. The Balaban J connectivity index is 2.26. The Morgan fingerprint density at radius 3 is 2.60 bits per heavy atom. The van der Waals surface area contributed by atoms with Gasteiger partial charge in [0.15, 0.2) is 5.75 Å². The van der Waals surface area contributed by atoms with Crippen molar-refractivity contribution in [3.63, 3.8) is 0 Å². The highest BCUT2D eigenvalue weighted by atomic mass is 16.5. The molecule has 0 saturated carbocycles. The van der Waals surface area contributed by atoms with Gasteiger partial charge in [-0.25, -0.2) is 9.97 Å². The molecule has 0 aliphatic rings. The van der Waals surface area contributed by atoms with Crippen molar-refractivity contribution < 1.29 is 4.74 Å². The van der Waals surface area contributed by atoms with Gasteiger partial charge in [-0.2, -0.15) is 0 Å². The highest BCUT2D eigenvalue weighted by Gasteiger charge is 2.11. The predicted molar refractivity (Wildman–Crippen MR) is 80.0 cm³/mol. The Morgan fingerprint density at radius 1 is 1.20 bits per heavy atom. The molecule has 0 atom stereocenters. The third kappa shape index (κ3) is 3.78. The first-order chi connectivity index (χ1) is 9.70. The number of para-hydroxylation sites is 1. The minimum Gasteiger partial charge on any atom is -0.454 e. The van der Waals surface area contributed by atoms with E-state index in [9.17, 15) is 0 Å². The average molecular weight is 271 g/mol. The Labute approximate surface area is 120 Å². The lowest BCUT2D eigenvalue weighted by molar-refractivity contribution is 0.463. The van der Waals surface area contributed by atoms with E-state index < -0.39 is 0 Å². The lowest BCUT2D eigenvalue weighted by atomic mass is 10.2. The van der Waals surface area contributed by atoms with Crippen LogP contribution in [0.25, 0.3) is 0 Å². The van der Waals surface area contributed by atoms with Crippen molar-refractivity contribution >= 4 is 0 Å². The molecule has 0 unspecified atom stereocenters. The fourth-order valence-electron chi connectivity index (χ4n) is 1.77. The molecule has 0 saturated heterocycles. The normalized spacial score (nSPS) is 10.8. The largest absolute Gasteiger partial charge is 0.454 e. The number of nitrogens with one attached hydrogen (secondary N) is 1. The van der Waals surface area contributed by atoms with Crippen molar-refractivity contribution in [2.75, 3.05) is 6.54 Å². The Hall–Kier alpha value is -1.94. The number of hydrogen-bond donors (Lipinski definition) is 1. The van der Waals surface area contributed by atoms with E-state index in [1.165, 1.54) is 0 Å². The molecule has 1 N–H and O–H groups in total. The summed E-state index contributed by atoms with van der Waals surface area (Å²) < 4.78 is 5.88. The number of hydrogen-bond acceptors (Lipinski definition) is 4. The molecule has 1 aromatic heterocycles. The maximum atomic E-state index is 5.88. The molecular formula is C16H21N3O. The van der Waals surface area contributed by atoms with Gasteiger partial charge in [0, 0.05) is 12.5 Å². The lowest BCUT2D eigenvalue weighted by Crippen LogP contribution is -2.15. The van der Waals surface area contributed by atoms with E-state index in [-0.39, 0.29) is 0 Å². The van der Waals surface area contributed by atoms with Gasteiger partial charge in [-0.3, -0.25) is 0 Å². The van der Waals surface area contributed by atoms with Crippen LogP contribution in [0.1, 0.15) is 38.2 Å². The second kappa shape index (κ2) is 7.01. The van der Waals surface area contributed by atoms with Crippen LogP contribution >= 0.6 is 0 Å². The van der Waals surface area contributed by atoms with Crippen molar-refractivity contribution in [1.82, 2.24) is 15.3 Å². The molecule has 2 rings (SSSR count). The zero-order valence-electron chi connectivity index (χ0n) is 12.3. The van der Waals surface area contributed by atoms with Crippen LogP contribution < -0.4 is 10.1 Å². The summed E-state index contributed by atoms with van der Waals surface area (Å²) in [6.07, 6.45) is 1.77. The van der Waals surface area contributed by atoms with Gasteiger partial charge in [0.25, 0.3) is 0 Å². The van der Waals surface area contributed by atoms with Crippen molar-refractivity contribution in [3.05, 3.63) is 48.0 Å². The molecule has 2 aromatic rings. The zero-order valence-corrected chi connectivity index (χ0v) is 12.3. The molecule has 0 fully saturated rings. The summed E-state index contributed by atoms with van der Waals surface area (Å²) in [7, 11) is 0. The molecular weight excluding hydrogens is 250 g/mol. The average Bonchev–Trinajstić information content (AvgIpc) is 2.47. The van der Waals surface area contributed by atoms with E-state index in [0.717, 1.165) is 23.8 Å². The number of ether oxygens (including phenoxy) is 1. The Morgan fingerprint density at radius 2 is 1.95 bits per heavy atom. The molecule has 0 spiro atoms. The quantitative estimate of drug-likeness (QED) is 0.873. The molecule has 0 radical (unpaired) electrons. The van der Waals surface area contributed by atoms with Crippen molar-refractivity contribution in [2.45, 2.75) is 33.2 Å². The standard InChI is InChI=1S/C16H21N3O/c1-4-17-10-14-15(11-18-16(19-14)12(2)3)20-13-8-6-5-7-9-13/h5-9,11-12,17H,4,10H2,1-3H3. The predicted octanol–water partition coefficient (Wildman–Crippen LogP) is 3.50. The first-order valence-electron chi connectivity index (χ1n) is 7.00. The van der Waals surface area contributed by atoms with E-state index in [0.29, 0.717) is 18.2 Å². The van der Waals surface area contributed by atoms with Crippen LogP contribution in [0.4, 0.5) is 0 Å². The van der Waals surface area contributed by atoms with Gasteiger partial charge in [-0.1, -0.05) is 39.0 Å². The van der Waals surface area contributed by atoms with Crippen LogP contribution in [0.3, 0.4) is 0 Å². The Bertz CT molecular complexity index is 541. The third-order valence-corrected chi connectivity index (χ3v) is 2.88. The van der Waals surface area contributed by atoms with Gasteiger partial charge in [0.2, 0.25) is 0 Å². The molecule has 4 heteroatoms. The third-order valence-electron chi connectivity index (χ3n) is 2.88. The maximum Gasteiger partial charge on any atom is 0.168 e. The summed E-state index contributed by atoms with van der Waals surface area (Å²) in [5.74, 6) is 2.66. The lowest BCUT2D eigenvalue weighted by Gasteiger charge is -2.13. The van der Waals surface area contributed by atoms with Crippen LogP contribution in [-0.4, -0.2) is 16.5 Å². The molecule has 1 aromatic carbocycles. The van der Waals surface area contributed by atoms with Crippen LogP contribution in [0.15, 0.2) is 36.5 Å². The fraction of sp³-hybridized carbons (Fsp3) is 0.375. The van der Waals surface area contributed by atoms with Crippen LogP contribution in [0.5, 0.6) is 11.5 Å². The van der Waals surface area contributed by atoms with Crippen molar-refractivity contribution in [3.8, 4) is 11.5 Å². The minimum atomic E-state index is 0.307. The van der Waals surface area contributed by atoms with E-state index in [1.54, 1.807) is 6.20 Å². The number of benzene rings is 1. The molecule has 0 aliphatic carbocycles. The summed E-state index contributed by atoms with van der Waals surface area (Å²) in [5.41, 5.74) is 0.898. The van der Waals surface area contributed by atoms with Crippen LogP contribution in [0.2, 0.25) is 0 Å². The smallest absolute Gasteiger partial charge is 0.168 e. The van der Waals surface area contributed by atoms with Gasteiger partial charge >= 0.3 is 0 Å². The first kappa shape index (κ1) is 14.5. The van der Waals surface area contributed by atoms with Crippen LogP contribution in [0, 0.1) is 0 Å². The maximum absolute atomic E-state index is 5.88. The molecule has 1 heterocycles. The van der Waals surface area contributed by atoms with E-state index >= 15 is 0 Å². The van der Waals surface area contributed by atoms with E-state index in [4.69, 9.17) is 4.74 Å². The van der Waals surface area contributed by atoms with Crippen LogP contribution in [-0.2, 0) is 6.54 Å². The number of rotatable bonds is 6. The summed E-state index contributed by atoms with van der Waals surface area (Å²) in [4.78, 5) is 8.99. The Kier molecular flexibility index (Phi) is 5.07. The fourth-order valence-corrected chi connectivity index (χ4v) is 1.77. The van der Waals surface area contributed by atoms with E-state index in [1.807, 2.05) is 30.3 Å². The summed E-state index contributed by atoms with van der Waals surface area (Å²) in [6.45, 7) is 7.82. The summed E-state index contributed by atoms with van der Waals surface area (Å²) in [6, 6.07) is 9.71. The second-order valence-electron chi connectivity index (χ2n) is 4.89. The van der Waals surface area contributed by atoms with Gasteiger partial charge < -0.3 is 10.1 Å². The van der Waals surface area contributed by atoms with Crippen molar-refractivity contribution in [2.24, 2.45) is 0 Å².